The minimum atomic E-state index is -1.82. The molecule has 0 radical (unpaired) electrons. The highest BCUT2D eigenvalue weighted by molar-refractivity contribution is 6.27. The number of likely N-dealkylation sites (tertiary alicyclic amines) is 2. The summed E-state index contributed by atoms with van der Waals surface area (Å²) in [4.78, 5) is 31.3. The minimum Gasteiger partial charge on any atom is -0.473 e. The molecule has 2 N–H and O–H groups in total. The van der Waals surface area contributed by atoms with Gasteiger partial charge in [-0.1, -0.05) is 12.1 Å². The van der Waals surface area contributed by atoms with Crippen LogP contribution < -0.4 is 0 Å². The summed E-state index contributed by atoms with van der Waals surface area (Å²) in [6.07, 6.45) is 12.8. The third-order valence-corrected chi connectivity index (χ3v) is 5.36. The molecule has 2 aliphatic rings. The molecule has 0 aliphatic carbocycles. The van der Waals surface area contributed by atoms with Crippen molar-refractivity contribution in [2.24, 2.45) is 0 Å². The van der Waals surface area contributed by atoms with Crippen molar-refractivity contribution in [1.29, 1.82) is 0 Å². The topological polar surface area (TPSA) is 107 Å². The predicted octanol–water partition coefficient (Wildman–Crippen LogP) is 2.85. The van der Waals surface area contributed by atoms with Gasteiger partial charge in [0.05, 0.1) is 0 Å². The number of carbonyl (C=O) groups is 2. The first-order valence-corrected chi connectivity index (χ1v) is 10.1. The average Bonchev–Trinajstić information content (AvgIpc) is 3.38. The van der Waals surface area contributed by atoms with Crippen LogP contribution in [-0.4, -0.2) is 69.1 Å². The highest BCUT2D eigenvalue weighted by Gasteiger charge is 2.22. The Morgan fingerprint density at radius 3 is 1.47 bits per heavy atom. The number of rotatable bonds is 2. The molecule has 2 saturated heterocycles. The van der Waals surface area contributed by atoms with E-state index in [4.69, 9.17) is 19.8 Å². The van der Waals surface area contributed by atoms with Gasteiger partial charge in [0, 0.05) is 36.9 Å². The fourth-order valence-corrected chi connectivity index (χ4v) is 3.81. The lowest BCUT2D eigenvalue weighted by Gasteiger charge is -2.18. The molecule has 2 aliphatic heterocycles. The largest absolute Gasteiger partial charge is 0.473 e. The second-order valence-corrected chi connectivity index (χ2v) is 7.46. The van der Waals surface area contributed by atoms with Gasteiger partial charge in [-0.05, 0) is 76.1 Å². The predicted molar refractivity (Wildman–Crippen MR) is 113 cm³/mol. The summed E-state index contributed by atoms with van der Waals surface area (Å²) in [5.74, 6) is -3.65. The second-order valence-electron chi connectivity index (χ2n) is 7.46. The van der Waals surface area contributed by atoms with Gasteiger partial charge < -0.3 is 10.2 Å². The number of aliphatic carboxylic acids is 2. The molecule has 30 heavy (non-hydrogen) atoms. The number of nitrogens with zero attached hydrogens (tertiary/aromatic N) is 4. The van der Waals surface area contributed by atoms with E-state index in [1.54, 1.807) is 0 Å². The van der Waals surface area contributed by atoms with Gasteiger partial charge in [-0.15, -0.1) is 0 Å². The summed E-state index contributed by atoms with van der Waals surface area (Å²) in [5, 5.41) is 14.8. The van der Waals surface area contributed by atoms with Crippen molar-refractivity contribution in [3.8, 4) is 0 Å². The monoisotopic (exact) mass is 414 g/mol. The van der Waals surface area contributed by atoms with Crippen molar-refractivity contribution >= 4 is 11.9 Å². The Kier molecular flexibility index (Phi) is 9.37. The quantitative estimate of drug-likeness (QED) is 0.723. The summed E-state index contributed by atoms with van der Waals surface area (Å²) in [5.41, 5.74) is 2.72. The molecule has 162 valence electrons. The highest BCUT2D eigenvalue weighted by Crippen LogP contribution is 2.30. The first kappa shape index (κ1) is 23.4. The maximum absolute atomic E-state index is 9.10. The molecule has 4 heterocycles. The van der Waals surface area contributed by atoms with Gasteiger partial charge in [-0.3, -0.25) is 19.8 Å². The first-order chi connectivity index (χ1) is 14.4. The lowest BCUT2D eigenvalue weighted by molar-refractivity contribution is -0.159. The molecule has 4 rings (SSSR count). The van der Waals surface area contributed by atoms with Crippen molar-refractivity contribution in [1.82, 2.24) is 19.8 Å². The van der Waals surface area contributed by atoms with E-state index < -0.39 is 11.9 Å². The Hall–Kier alpha value is -2.84. The zero-order chi connectivity index (χ0) is 21.9. The maximum atomic E-state index is 9.10. The van der Waals surface area contributed by atoms with Gasteiger partial charge in [0.15, 0.2) is 0 Å². The summed E-state index contributed by atoms with van der Waals surface area (Å²) in [6, 6.07) is 9.58. The molecule has 0 bridgehead atoms. The fraction of sp³-hybridized carbons (Fsp3) is 0.455. The number of hydrogen-bond acceptors (Lipinski definition) is 6. The molecule has 2 aromatic heterocycles. The summed E-state index contributed by atoms with van der Waals surface area (Å²) < 4.78 is 0. The highest BCUT2D eigenvalue weighted by atomic mass is 16.4. The standard InChI is InChI=1S/2C10H14N2.C2H2O4/c2*1-12-7-3-5-10(12)9-4-2-6-11-8-9;3-1(4)2(5)6/h2*2,4,6,8,10H,3,5,7H2,1H3;(H,3,4)(H,5,6). The van der Waals surface area contributed by atoms with E-state index >= 15 is 0 Å². The van der Waals surface area contributed by atoms with Gasteiger partial charge in [0.25, 0.3) is 0 Å². The number of hydrogen-bond donors (Lipinski definition) is 2. The van der Waals surface area contributed by atoms with E-state index in [0.717, 1.165) is 0 Å². The van der Waals surface area contributed by atoms with Crippen molar-refractivity contribution in [3.05, 3.63) is 60.2 Å². The van der Waals surface area contributed by atoms with Crippen LogP contribution in [0.15, 0.2) is 49.1 Å². The molecule has 2 atom stereocenters. The van der Waals surface area contributed by atoms with Crippen molar-refractivity contribution in [2.75, 3.05) is 27.2 Å². The molecule has 2 fully saturated rings. The molecular formula is C22H30N4O4. The normalized spacial score (nSPS) is 21.1. The van der Waals surface area contributed by atoms with E-state index in [2.05, 4.69) is 46.0 Å². The molecular weight excluding hydrogens is 384 g/mol. The Morgan fingerprint density at radius 2 is 1.23 bits per heavy atom. The number of aromatic nitrogens is 2. The summed E-state index contributed by atoms with van der Waals surface area (Å²) >= 11 is 0. The third-order valence-electron chi connectivity index (χ3n) is 5.36. The van der Waals surface area contributed by atoms with E-state index in [1.165, 1.54) is 49.9 Å². The fourth-order valence-electron chi connectivity index (χ4n) is 3.81. The van der Waals surface area contributed by atoms with Crippen molar-refractivity contribution in [2.45, 2.75) is 37.8 Å². The van der Waals surface area contributed by atoms with E-state index in [-0.39, 0.29) is 0 Å². The average molecular weight is 415 g/mol. The molecule has 0 saturated carbocycles. The number of pyridine rings is 2. The van der Waals surface area contributed by atoms with E-state index in [0.29, 0.717) is 12.1 Å². The van der Waals surface area contributed by atoms with Crippen LogP contribution in [0, 0.1) is 0 Å². The van der Waals surface area contributed by atoms with Gasteiger partial charge in [-0.2, -0.15) is 0 Å². The lowest BCUT2D eigenvalue weighted by atomic mass is 10.1. The minimum absolute atomic E-state index is 0.610. The van der Waals surface area contributed by atoms with Crippen LogP contribution in [0.1, 0.15) is 48.9 Å². The smallest absolute Gasteiger partial charge is 0.414 e. The van der Waals surface area contributed by atoms with Gasteiger partial charge in [0.1, 0.15) is 0 Å². The SMILES string of the molecule is CN1CCCC1c1cccnc1.CN1CCCC1c1cccnc1.O=C(O)C(=O)O. The van der Waals surface area contributed by atoms with Gasteiger partial charge >= 0.3 is 11.9 Å². The van der Waals surface area contributed by atoms with Crippen LogP contribution in [-0.2, 0) is 9.59 Å². The zero-order valence-corrected chi connectivity index (χ0v) is 17.5. The van der Waals surface area contributed by atoms with Gasteiger partial charge in [0.2, 0.25) is 0 Å². The van der Waals surface area contributed by atoms with Crippen LogP contribution >= 0.6 is 0 Å². The Bertz CT molecular complexity index is 721. The second kappa shape index (κ2) is 12.0. The number of carboxylic acid groups (broad SMARTS) is 2. The van der Waals surface area contributed by atoms with Crippen molar-refractivity contribution in [3.63, 3.8) is 0 Å². The summed E-state index contributed by atoms with van der Waals surface area (Å²) in [7, 11) is 4.37. The van der Waals surface area contributed by atoms with Crippen molar-refractivity contribution < 1.29 is 19.8 Å². The van der Waals surface area contributed by atoms with Crippen LogP contribution in [0.3, 0.4) is 0 Å². The maximum Gasteiger partial charge on any atom is 0.414 e. The van der Waals surface area contributed by atoms with E-state index in [9.17, 15) is 0 Å². The van der Waals surface area contributed by atoms with Crippen LogP contribution in [0.5, 0.6) is 0 Å². The zero-order valence-electron chi connectivity index (χ0n) is 17.5. The van der Waals surface area contributed by atoms with Crippen LogP contribution in [0.25, 0.3) is 0 Å². The molecule has 2 unspecified atom stereocenters. The molecule has 8 nitrogen and oxygen atoms in total. The molecule has 0 amide bonds. The van der Waals surface area contributed by atoms with Crippen LogP contribution in [0.2, 0.25) is 0 Å². The molecule has 2 aromatic rings. The summed E-state index contributed by atoms with van der Waals surface area (Å²) in [6.45, 7) is 2.44. The van der Waals surface area contributed by atoms with Gasteiger partial charge in [-0.25, -0.2) is 9.59 Å². The third kappa shape index (κ3) is 7.20. The first-order valence-electron chi connectivity index (χ1n) is 10.1. The number of carboxylic acids is 2. The molecule has 0 spiro atoms. The van der Waals surface area contributed by atoms with Crippen LogP contribution in [0.4, 0.5) is 0 Å². The lowest BCUT2D eigenvalue weighted by Crippen LogP contribution is -2.17. The Labute approximate surface area is 177 Å². The molecule has 8 heteroatoms. The Morgan fingerprint density at radius 1 is 0.833 bits per heavy atom. The Balaban J connectivity index is 0.000000171. The van der Waals surface area contributed by atoms with E-state index in [1.807, 2.05) is 36.9 Å². The molecule has 0 aromatic carbocycles.